The molecule has 1 N–H and O–H groups in total. The van der Waals surface area contributed by atoms with Gasteiger partial charge in [-0.15, -0.1) is 5.73 Å². The van der Waals surface area contributed by atoms with Gasteiger partial charge in [0.1, 0.15) is 0 Å². The predicted octanol–water partition coefficient (Wildman–Crippen LogP) is 4.14. The second kappa shape index (κ2) is 7.37. The zero-order valence-electron chi connectivity index (χ0n) is 14.2. The summed E-state index contributed by atoms with van der Waals surface area (Å²) in [4.78, 5) is 0. The minimum absolute atomic E-state index is 0.000625. The SMILES string of the molecule is C=C=C[C@@H]1C(C(C#N)(C#N)C/C=C/c2ccccc2)=CC2CC[C@@H]1N2. The van der Waals surface area contributed by atoms with E-state index in [1.54, 1.807) is 0 Å². The Hall–Kier alpha value is -2.84. The molecule has 0 aromatic heterocycles. The third-order valence-electron chi connectivity index (χ3n) is 5.10. The summed E-state index contributed by atoms with van der Waals surface area (Å²) in [5.41, 5.74) is 3.68. The van der Waals surface area contributed by atoms with E-state index < -0.39 is 5.41 Å². The summed E-state index contributed by atoms with van der Waals surface area (Å²) in [5.74, 6) is 0.000625. The van der Waals surface area contributed by atoms with Crippen molar-refractivity contribution in [3.63, 3.8) is 0 Å². The largest absolute Gasteiger partial charge is 0.307 e. The van der Waals surface area contributed by atoms with Crippen molar-refractivity contribution in [3.8, 4) is 12.1 Å². The maximum Gasteiger partial charge on any atom is 0.168 e. The Morgan fingerprint density at radius 2 is 1.96 bits per heavy atom. The van der Waals surface area contributed by atoms with Crippen LogP contribution in [0, 0.1) is 34.0 Å². The molecule has 0 aliphatic carbocycles. The summed E-state index contributed by atoms with van der Waals surface area (Å²) in [5, 5.41) is 23.3. The molecule has 2 aliphatic rings. The molecule has 1 fully saturated rings. The number of allylic oxidation sites excluding steroid dienone is 1. The van der Waals surface area contributed by atoms with Crippen LogP contribution in [0.15, 0.2) is 66.4 Å². The molecule has 2 aliphatic heterocycles. The standard InChI is InChI=1S/C22H21N3/c1-2-7-19-20(14-18-11-12-21(19)25-18)22(15-23,16-24)13-6-10-17-8-4-3-5-9-17/h3-10,14,18-19,21,25H,1,11-13H2/b10-6+/t18?,19-,21+/m1/s1. The van der Waals surface area contributed by atoms with E-state index in [1.165, 1.54) is 0 Å². The highest BCUT2D eigenvalue weighted by Gasteiger charge is 2.45. The normalized spacial score (nSPS) is 24.9. The van der Waals surface area contributed by atoms with Crippen LogP contribution in [0.3, 0.4) is 0 Å². The number of nitriles is 2. The lowest BCUT2D eigenvalue weighted by molar-refractivity contribution is 0.419. The highest BCUT2D eigenvalue weighted by molar-refractivity contribution is 5.50. The summed E-state index contributed by atoms with van der Waals surface area (Å²) >= 11 is 0. The number of rotatable bonds is 5. The number of benzene rings is 1. The summed E-state index contributed by atoms with van der Waals surface area (Å²) < 4.78 is 0. The Kier molecular flexibility index (Phi) is 5.01. The molecule has 1 aromatic rings. The van der Waals surface area contributed by atoms with Gasteiger partial charge in [0.2, 0.25) is 0 Å². The van der Waals surface area contributed by atoms with Gasteiger partial charge < -0.3 is 5.32 Å². The predicted molar refractivity (Wildman–Crippen MR) is 99.0 cm³/mol. The van der Waals surface area contributed by atoms with Gasteiger partial charge in [0.05, 0.1) is 12.1 Å². The second-order valence-corrected chi connectivity index (χ2v) is 6.62. The first kappa shape index (κ1) is 17.0. The zero-order valence-corrected chi connectivity index (χ0v) is 14.2. The molecule has 1 saturated heterocycles. The molecule has 0 radical (unpaired) electrons. The van der Waals surface area contributed by atoms with Crippen LogP contribution in [0.2, 0.25) is 0 Å². The summed E-state index contributed by atoms with van der Waals surface area (Å²) in [6, 6.07) is 15.0. The molecule has 2 heterocycles. The minimum atomic E-state index is -1.15. The maximum atomic E-state index is 9.89. The third-order valence-corrected chi connectivity index (χ3v) is 5.10. The van der Waals surface area contributed by atoms with Crippen molar-refractivity contribution >= 4 is 6.08 Å². The van der Waals surface area contributed by atoms with Gasteiger partial charge in [-0.1, -0.05) is 55.1 Å². The quantitative estimate of drug-likeness (QED) is 0.653. The Morgan fingerprint density at radius 3 is 2.64 bits per heavy atom. The van der Waals surface area contributed by atoms with E-state index >= 15 is 0 Å². The number of nitrogens with zero attached hydrogens (tertiary/aromatic N) is 2. The van der Waals surface area contributed by atoms with Gasteiger partial charge in [0.15, 0.2) is 5.41 Å². The molecular formula is C22H21N3. The van der Waals surface area contributed by atoms with Gasteiger partial charge in [0, 0.05) is 24.4 Å². The fourth-order valence-electron chi connectivity index (χ4n) is 3.82. The van der Waals surface area contributed by atoms with Crippen LogP contribution in [0.4, 0.5) is 0 Å². The number of hydrogen-bond acceptors (Lipinski definition) is 3. The Labute approximate surface area is 149 Å². The molecule has 3 rings (SSSR count). The molecular weight excluding hydrogens is 306 g/mol. The highest BCUT2D eigenvalue weighted by atomic mass is 15.0. The summed E-state index contributed by atoms with van der Waals surface area (Å²) in [6.45, 7) is 3.69. The monoisotopic (exact) mass is 327 g/mol. The third kappa shape index (κ3) is 3.35. The molecule has 0 spiro atoms. The molecule has 3 atom stereocenters. The minimum Gasteiger partial charge on any atom is -0.307 e. The Bertz CT molecular complexity index is 799. The van der Waals surface area contributed by atoms with E-state index in [0.29, 0.717) is 6.42 Å². The first-order chi connectivity index (χ1) is 12.2. The van der Waals surface area contributed by atoms with Gasteiger partial charge in [-0.25, -0.2) is 0 Å². The van der Waals surface area contributed by atoms with Crippen LogP contribution in [-0.4, -0.2) is 12.1 Å². The first-order valence-corrected chi connectivity index (χ1v) is 8.61. The van der Waals surface area contributed by atoms with Crippen molar-refractivity contribution < 1.29 is 0 Å². The van der Waals surface area contributed by atoms with Crippen molar-refractivity contribution in [1.29, 1.82) is 10.5 Å². The van der Waals surface area contributed by atoms with Gasteiger partial charge in [-0.3, -0.25) is 0 Å². The van der Waals surface area contributed by atoms with Crippen molar-refractivity contribution in [2.24, 2.45) is 11.3 Å². The van der Waals surface area contributed by atoms with Gasteiger partial charge in [-0.2, -0.15) is 10.5 Å². The topological polar surface area (TPSA) is 59.6 Å². The van der Waals surface area contributed by atoms with Crippen LogP contribution < -0.4 is 5.32 Å². The van der Waals surface area contributed by atoms with Crippen molar-refractivity contribution in [1.82, 2.24) is 5.32 Å². The Balaban J connectivity index is 1.91. The summed E-state index contributed by atoms with van der Waals surface area (Å²) in [6.07, 6.45) is 10.4. The molecule has 0 amide bonds. The molecule has 1 unspecified atom stereocenters. The lowest BCUT2D eigenvalue weighted by Crippen LogP contribution is -2.42. The average Bonchev–Trinajstić information content (AvgIpc) is 3.05. The molecule has 124 valence electrons. The molecule has 1 aromatic carbocycles. The number of fused-ring (bicyclic) bond motifs is 2. The fourth-order valence-corrected chi connectivity index (χ4v) is 3.82. The van der Waals surface area contributed by atoms with Crippen molar-refractivity contribution in [3.05, 3.63) is 72.0 Å². The lowest BCUT2D eigenvalue weighted by Gasteiger charge is -2.34. The molecule has 0 saturated carbocycles. The fraction of sp³-hybridized carbons (Fsp3) is 0.318. The van der Waals surface area contributed by atoms with Crippen molar-refractivity contribution in [2.45, 2.75) is 31.3 Å². The molecule has 2 bridgehead atoms. The van der Waals surface area contributed by atoms with E-state index in [0.717, 1.165) is 24.0 Å². The van der Waals surface area contributed by atoms with E-state index in [9.17, 15) is 10.5 Å². The van der Waals surface area contributed by atoms with Gasteiger partial charge >= 0.3 is 0 Å². The van der Waals surface area contributed by atoms with Crippen LogP contribution in [0.25, 0.3) is 6.08 Å². The number of nitrogens with one attached hydrogen (secondary N) is 1. The molecule has 25 heavy (non-hydrogen) atoms. The average molecular weight is 327 g/mol. The lowest BCUT2D eigenvalue weighted by atomic mass is 9.70. The van der Waals surface area contributed by atoms with Crippen LogP contribution >= 0.6 is 0 Å². The second-order valence-electron chi connectivity index (χ2n) is 6.62. The summed E-state index contributed by atoms with van der Waals surface area (Å²) in [7, 11) is 0. The van der Waals surface area contributed by atoms with E-state index in [2.05, 4.69) is 35.8 Å². The maximum absolute atomic E-state index is 9.89. The van der Waals surface area contributed by atoms with E-state index in [-0.39, 0.29) is 18.0 Å². The van der Waals surface area contributed by atoms with Crippen LogP contribution in [0.1, 0.15) is 24.8 Å². The van der Waals surface area contributed by atoms with Crippen LogP contribution in [-0.2, 0) is 0 Å². The van der Waals surface area contributed by atoms with Crippen LogP contribution in [0.5, 0.6) is 0 Å². The Morgan fingerprint density at radius 1 is 1.20 bits per heavy atom. The smallest absolute Gasteiger partial charge is 0.168 e. The van der Waals surface area contributed by atoms with Gasteiger partial charge in [0.25, 0.3) is 0 Å². The molecule has 3 nitrogen and oxygen atoms in total. The van der Waals surface area contributed by atoms with E-state index in [1.807, 2.05) is 48.6 Å². The molecule has 3 heteroatoms. The van der Waals surface area contributed by atoms with Gasteiger partial charge in [-0.05, 0) is 30.1 Å². The highest BCUT2D eigenvalue weighted by Crippen LogP contribution is 2.43. The number of hydrogen-bond donors (Lipinski definition) is 1. The van der Waals surface area contributed by atoms with E-state index in [4.69, 9.17) is 0 Å². The first-order valence-electron chi connectivity index (χ1n) is 8.61. The zero-order chi connectivity index (χ0) is 17.7. The van der Waals surface area contributed by atoms with Crippen molar-refractivity contribution in [2.75, 3.05) is 0 Å².